The predicted octanol–water partition coefficient (Wildman–Crippen LogP) is 2.32. The van der Waals surface area contributed by atoms with Crippen molar-refractivity contribution < 1.29 is 25.9 Å². The second kappa shape index (κ2) is 9.52. The average Bonchev–Trinajstić information content (AvgIpc) is 2.70. The van der Waals surface area contributed by atoms with Gasteiger partial charge in [0.1, 0.15) is 4.90 Å². The van der Waals surface area contributed by atoms with Crippen LogP contribution < -0.4 is 16.4 Å². The van der Waals surface area contributed by atoms with Crippen LogP contribution in [-0.2, 0) is 20.2 Å². The molecule has 1 aromatic carbocycles. The molecule has 6 N–H and O–H groups in total. The minimum Gasteiger partial charge on any atom is -0.368 e. The molecule has 2 unspecified atom stereocenters. The number of benzene rings is 1. The van der Waals surface area contributed by atoms with Crippen molar-refractivity contribution in [1.29, 1.82) is 0 Å². The van der Waals surface area contributed by atoms with Gasteiger partial charge in [-0.3, -0.25) is 9.11 Å². The number of nitrogens with one attached hydrogen (secondary N) is 2. The Hall–Kier alpha value is -2.55. The Morgan fingerprint density at radius 2 is 1.72 bits per heavy atom. The van der Waals surface area contributed by atoms with Gasteiger partial charge in [0.25, 0.3) is 20.2 Å². The van der Waals surface area contributed by atoms with Crippen LogP contribution in [0.15, 0.2) is 28.0 Å². The van der Waals surface area contributed by atoms with E-state index in [1.807, 2.05) is 0 Å². The highest BCUT2D eigenvalue weighted by molar-refractivity contribution is 7.86. The van der Waals surface area contributed by atoms with Crippen molar-refractivity contribution in [2.75, 3.05) is 22.9 Å². The van der Waals surface area contributed by atoms with Gasteiger partial charge in [-0.25, -0.2) is 0 Å². The highest BCUT2D eigenvalue weighted by Crippen LogP contribution is 2.31. The van der Waals surface area contributed by atoms with Gasteiger partial charge in [-0.1, -0.05) is 26.2 Å². The lowest BCUT2D eigenvalue weighted by molar-refractivity contribution is 0.270. The fraction of sp³-hybridized carbons (Fsp3) is 0.500. The zero-order valence-electron chi connectivity index (χ0n) is 17.4. The molecule has 0 saturated heterocycles. The van der Waals surface area contributed by atoms with Crippen LogP contribution in [0.5, 0.6) is 0 Å². The van der Waals surface area contributed by atoms with Gasteiger partial charge < -0.3 is 16.4 Å². The van der Waals surface area contributed by atoms with Crippen LogP contribution in [-0.4, -0.2) is 47.4 Å². The number of hydrogen-bond donors (Lipinski definition) is 5. The number of rotatable bonds is 8. The van der Waals surface area contributed by atoms with Crippen molar-refractivity contribution in [1.82, 2.24) is 15.0 Å². The molecular weight excluding hydrogens is 460 g/mol. The van der Waals surface area contributed by atoms with Crippen LogP contribution in [0.25, 0.3) is 0 Å². The zero-order chi connectivity index (χ0) is 23.5. The van der Waals surface area contributed by atoms with E-state index in [0.717, 1.165) is 37.5 Å². The molecule has 0 amide bonds. The molecule has 0 aliphatic heterocycles. The molecule has 1 aromatic heterocycles. The van der Waals surface area contributed by atoms with Crippen molar-refractivity contribution in [2.45, 2.75) is 48.8 Å². The Kier molecular flexibility index (Phi) is 7.17. The maximum Gasteiger partial charge on any atom is 0.296 e. The van der Waals surface area contributed by atoms with Gasteiger partial charge in [0, 0.05) is 6.54 Å². The van der Waals surface area contributed by atoms with Gasteiger partial charge in [0.2, 0.25) is 17.8 Å². The highest BCUT2D eigenvalue weighted by atomic mass is 32.2. The van der Waals surface area contributed by atoms with Crippen LogP contribution >= 0.6 is 0 Å². The first-order valence-electron chi connectivity index (χ1n) is 10.1. The summed E-state index contributed by atoms with van der Waals surface area (Å²) in [5, 5.41) is 5.65. The molecular formula is C18H26N6O6S2. The predicted molar refractivity (Wildman–Crippen MR) is 118 cm³/mol. The second-order valence-corrected chi connectivity index (χ2v) is 10.6. The summed E-state index contributed by atoms with van der Waals surface area (Å²) in [5.74, 6) is 0.996. The summed E-state index contributed by atoms with van der Waals surface area (Å²) >= 11 is 0. The molecule has 14 heteroatoms. The van der Waals surface area contributed by atoms with E-state index < -0.39 is 30.0 Å². The molecule has 1 saturated carbocycles. The van der Waals surface area contributed by atoms with Crippen LogP contribution in [0, 0.1) is 11.8 Å². The third-order valence-electron chi connectivity index (χ3n) is 5.44. The van der Waals surface area contributed by atoms with Crippen molar-refractivity contribution >= 4 is 43.8 Å². The first-order chi connectivity index (χ1) is 15.0. The number of nitrogen functional groups attached to an aromatic ring is 1. The molecule has 2 aromatic rings. The molecule has 0 bridgehead atoms. The number of nitrogens with zero attached hydrogens (tertiary/aromatic N) is 3. The summed E-state index contributed by atoms with van der Waals surface area (Å²) in [6.45, 7) is 2.82. The van der Waals surface area contributed by atoms with Crippen molar-refractivity contribution in [3.63, 3.8) is 0 Å². The van der Waals surface area contributed by atoms with Gasteiger partial charge in [0.05, 0.1) is 10.6 Å². The van der Waals surface area contributed by atoms with Crippen LogP contribution in [0.1, 0.15) is 39.0 Å². The van der Waals surface area contributed by atoms with Crippen molar-refractivity contribution in [2.24, 2.45) is 11.8 Å². The van der Waals surface area contributed by atoms with E-state index in [2.05, 4.69) is 32.5 Å². The Labute approximate surface area is 186 Å². The van der Waals surface area contributed by atoms with E-state index in [4.69, 9.17) is 5.73 Å². The molecule has 1 heterocycles. The van der Waals surface area contributed by atoms with Crippen molar-refractivity contribution in [3.05, 3.63) is 18.2 Å². The van der Waals surface area contributed by atoms with Crippen LogP contribution in [0.3, 0.4) is 0 Å². The zero-order valence-corrected chi connectivity index (χ0v) is 19.0. The largest absolute Gasteiger partial charge is 0.368 e. The standard InChI is InChI=1S/C18H26N6O6S2/c1-2-11-4-3-5-12(8-11)10-20-17-22-16(19)23-18(24-17)21-14-9-13(31(25,26)27)6-7-15(14)32(28,29)30/h6-7,9,11-12H,2-5,8,10H2,1H3,(H,25,26,27)(H,28,29,30)(H4,19,20,21,22,23,24). The number of aromatic nitrogens is 3. The first-order valence-corrected chi connectivity index (χ1v) is 12.9. The maximum atomic E-state index is 11.7. The molecule has 12 nitrogen and oxygen atoms in total. The van der Waals surface area contributed by atoms with E-state index in [9.17, 15) is 25.9 Å². The topological polar surface area (TPSA) is 197 Å². The summed E-state index contributed by atoms with van der Waals surface area (Å²) in [6.07, 6.45) is 5.74. The fourth-order valence-electron chi connectivity index (χ4n) is 3.83. The molecule has 0 radical (unpaired) electrons. The normalized spacial score (nSPS) is 19.5. The number of anilines is 4. The lowest BCUT2D eigenvalue weighted by Gasteiger charge is -2.28. The molecule has 0 spiro atoms. The summed E-state index contributed by atoms with van der Waals surface area (Å²) in [4.78, 5) is 10.8. The van der Waals surface area contributed by atoms with E-state index in [1.165, 1.54) is 12.8 Å². The highest BCUT2D eigenvalue weighted by Gasteiger charge is 2.22. The molecule has 1 aliphatic rings. The SMILES string of the molecule is CCC1CCCC(CNc2nc(N)nc(Nc3cc(S(=O)(=O)O)ccc3S(=O)(=O)O)n2)C1. The minimum absolute atomic E-state index is 0.153. The molecule has 176 valence electrons. The van der Waals surface area contributed by atoms with E-state index in [-0.39, 0.29) is 23.5 Å². The smallest absolute Gasteiger partial charge is 0.296 e. The molecule has 2 atom stereocenters. The van der Waals surface area contributed by atoms with Crippen LogP contribution in [0.2, 0.25) is 0 Å². The summed E-state index contributed by atoms with van der Waals surface area (Å²) < 4.78 is 64.9. The monoisotopic (exact) mass is 486 g/mol. The Balaban J connectivity index is 1.84. The van der Waals surface area contributed by atoms with E-state index in [1.54, 1.807) is 0 Å². The average molecular weight is 487 g/mol. The molecule has 3 rings (SSSR count). The lowest BCUT2D eigenvalue weighted by Crippen LogP contribution is -2.23. The molecule has 32 heavy (non-hydrogen) atoms. The Bertz CT molecular complexity index is 1190. The van der Waals surface area contributed by atoms with Crippen LogP contribution in [0.4, 0.5) is 23.5 Å². The van der Waals surface area contributed by atoms with Gasteiger partial charge in [-0.15, -0.1) is 0 Å². The second-order valence-electron chi connectivity index (χ2n) is 7.76. The maximum absolute atomic E-state index is 11.7. The first kappa shape index (κ1) is 24.1. The van der Waals surface area contributed by atoms with Gasteiger partial charge in [-0.05, 0) is 42.9 Å². The number of nitrogens with two attached hydrogens (primary N) is 1. The van der Waals surface area contributed by atoms with Gasteiger partial charge in [0.15, 0.2) is 0 Å². The van der Waals surface area contributed by atoms with E-state index in [0.29, 0.717) is 18.4 Å². The summed E-state index contributed by atoms with van der Waals surface area (Å²) in [7, 11) is -9.36. The Morgan fingerprint density at radius 1 is 1.03 bits per heavy atom. The fourth-order valence-corrected chi connectivity index (χ4v) is 4.97. The molecule has 1 fully saturated rings. The van der Waals surface area contributed by atoms with Gasteiger partial charge in [-0.2, -0.15) is 31.8 Å². The Morgan fingerprint density at radius 3 is 2.38 bits per heavy atom. The third-order valence-corrected chi connectivity index (χ3v) is 7.21. The van der Waals surface area contributed by atoms with E-state index >= 15 is 0 Å². The minimum atomic E-state index is -4.73. The quantitative estimate of drug-likeness (QED) is 0.342. The number of hydrogen-bond acceptors (Lipinski definition) is 10. The summed E-state index contributed by atoms with van der Waals surface area (Å²) in [6, 6.07) is 2.50. The summed E-state index contributed by atoms with van der Waals surface area (Å²) in [5.41, 5.74) is 5.38. The third kappa shape index (κ3) is 6.25. The lowest BCUT2D eigenvalue weighted by atomic mass is 9.80. The van der Waals surface area contributed by atoms with Gasteiger partial charge >= 0.3 is 0 Å². The van der Waals surface area contributed by atoms with Crippen molar-refractivity contribution in [3.8, 4) is 0 Å². The molecule has 1 aliphatic carbocycles.